The molecule has 184 valence electrons. The third-order valence-electron chi connectivity index (χ3n) is 6.06. The highest BCUT2D eigenvalue weighted by Gasteiger charge is 2.43. The summed E-state index contributed by atoms with van der Waals surface area (Å²) in [6, 6.07) is 13.8. The van der Waals surface area contributed by atoms with Crippen LogP contribution < -0.4 is 10.3 Å². The number of hydroxylamine groups is 1. The molecule has 2 amide bonds. The summed E-state index contributed by atoms with van der Waals surface area (Å²) < 4.78 is 19.3. The third-order valence-corrected chi connectivity index (χ3v) is 6.06. The highest BCUT2D eigenvalue weighted by Crippen LogP contribution is 2.31. The Kier molecular flexibility index (Phi) is 7.16. The quantitative estimate of drug-likeness (QED) is 0.500. The molecule has 1 aromatic heterocycles. The van der Waals surface area contributed by atoms with E-state index in [0.29, 0.717) is 28.3 Å². The van der Waals surface area contributed by atoms with Crippen molar-refractivity contribution in [2.45, 2.75) is 45.3 Å². The molecule has 0 saturated carbocycles. The summed E-state index contributed by atoms with van der Waals surface area (Å²) in [4.78, 5) is 33.1. The number of amides is 2. The van der Waals surface area contributed by atoms with E-state index in [9.17, 15) is 19.1 Å². The van der Waals surface area contributed by atoms with Gasteiger partial charge in [-0.15, -0.1) is 0 Å². The number of carbonyl (C=O) groups excluding carboxylic acids is 2. The molecule has 0 radical (unpaired) electrons. The van der Waals surface area contributed by atoms with Crippen LogP contribution in [0.5, 0.6) is 5.75 Å². The minimum Gasteiger partial charge on any atom is -0.391 e. The van der Waals surface area contributed by atoms with Gasteiger partial charge in [0.2, 0.25) is 5.91 Å². The minimum absolute atomic E-state index is 0.0323. The number of likely N-dealkylation sites (tertiary alicyclic amines) is 1. The van der Waals surface area contributed by atoms with E-state index < -0.39 is 24.0 Å². The highest BCUT2D eigenvalue weighted by atomic mass is 19.1. The first-order chi connectivity index (χ1) is 16.7. The Morgan fingerprint density at radius 2 is 1.91 bits per heavy atom. The van der Waals surface area contributed by atoms with Crippen LogP contribution in [0, 0.1) is 18.7 Å². The lowest BCUT2D eigenvalue weighted by Gasteiger charge is -2.28. The van der Waals surface area contributed by atoms with Crippen LogP contribution in [0.4, 0.5) is 4.39 Å². The van der Waals surface area contributed by atoms with Gasteiger partial charge in [0.05, 0.1) is 11.8 Å². The van der Waals surface area contributed by atoms with Gasteiger partial charge in [0.1, 0.15) is 23.5 Å². The monoisotopic (exact) mass is 481 g/mol. The second-order valence-corrected chi connectivity index (χ2v) is 9.06. The normalized spacial score (nSPS) is 18.5. The average Bonchev–Trinajstić information content (AvgIpc) is 3.43. The van der Waals surface area contributed by atoms with Crippen molar-refractivity contribution in [1.82, 2.24) is 15.5 Å². The number of aryl methyl sites for hydroxylation is 1. The van der Waals surface area contributed by atoms with Crippen molar-refractivity contribution in [3.8, 4) is 16.9 Å². The number of rotatable bonds is 7. The van der Waals surface area contributed by atoms with Crippen LogP contribution in [0.3, 0.4) is 0 Å². The van der Waals surface area contributed by atoms with Gasteiger partial charge < -0.3 is 19.4 Å². The number of aliphatic hydroxyl groups is 1. The highest BCUT2D eigenvalue weighted by molar-refractivity contribution is 5.91. The van der Waals surface area contributed by atoms with E-state index in [1.807, 2.05) is 13.8 Å². The summed E-state index contributed by atoms with van der Waals surface area (Å²) in [6.45, 7) is 5.57. The van der Waals surface area contributed by atoms with Crippen molar-refractivity contribution in [2.75, 3.05) is 6.54 Å². The number of aliphatic hydroxyl groups excluding tert-OH is 1. The molecular weight excluding hydrogens is 453 g/mol. The molecule has 1 aliphatic rings. The Morgan fingerprint density at radius 1 is 1.20 bits per heavy atom. The topological polar surface area (TPSA) is 105 Å². The Bertz CT molecular complexity index is 1190. The molecule has 3 atom stereocenters. The maximum atomic E-state index is 14.0. The Morgan fingerprint density at radius 3 is 2.54 bits per heavy atom. The van der Waals surface area contributed by atoms with Crippen LogP contribution in [0.25, 0.3) is 11.1 Å². The van der Waals surface area contributed by atoms with Crippen LogP contribution >= 0.6 is 0 Å². The number of halogens is 1. The molecule has 1 unspecified atom stereocenters. The number of nitrogens with one attached hydrogen (secondary N) is 1. The molecule has 0 aliphatic carbocycles. The van der Waals surface area contributed by atoms with E-state index in [4.69, 9.17) is 9.36 Å². The van der Waals surface area contributed by atoms with Crippen molar-refractivity contribution in [3.63, 3.8) is 0 Å². The van der Waals surface area contributed by atoms with Crippen molar-refractivity contribution >= 4 is 11.8 Å². The molecule has 0 spiro atoms. The standard InChI is InChI=1S/C26H28FN3O5/c1-15(2)24(23-12-16(3)28-35-23)26(33)30-14-18(31)13-22(30)25(32)29-34-19-10-8-17(9-11-19)20-6-4-5-7-21(20)27/h4-12,15,18,22,24,31H,13-14H2,1-3H3,(H,29,32)/t18-,22+,24?/m1/s1. The molecule has 9 heteroatoms. The summed E-state index contributed by atoms with van der Waals surface area (Å²) in [5, 5.41) is 14.1. The van der Waals surface area contributed by atoms with E-state index in [-0.39, 0.29) is 30.6 Å². The first-order valence-electron chi connectivity index (χ1n) is 11.5. The number of carbonyl (C=O) groups is 2. The maximum absolute atomic E-state index is 14.0. The summed E-state index contributed by atoms with van der Waals surface area (Å²) in [5.74, 6) is -1.18. The molecule has 35 heavy (non-hydrogen) atoms. The molecular formula is C26H28FN3O5. The fraction of sp³-hybridized carbons (Fsp3) is 0.346. The van der Waals surface area contributed by atoms with E-state index in [2.05, 4.69) is 10.6 Å². The Labute approximate surface area is 202 Å². The Hall–Kier alpha value is -3.72. The third kappa shape index (κ3) is 5.35. The van der Waals surface area contributed by atoms with Crippen LogP contribution in [0.15, 0.2) is 59.1 Å². The van der Waals surface area contributed by atoms with Crippen molar-refractivity contribution < 1.29 is 28.4 Å². The first-order valence-corrected chi connectivity index (χ1v) is 11.5. The number of nitrogens with zero attached hydrogens (tertiary/aromatic N) is 2. The van der Waals surface area contributed by atoms with Gasteiger partial charge in [-0.2, -0.15) is 5.48 Å². The molecule has 0 bridgehead atoms. The summed E-state index contributed by atoms with van der Waals surface area (Å²) in [7, 11) is 0. The van der Waals surface area contributed by atoms with Crippen LogP contribution in [-0.2, 0) is 9.59 Å². The summed E-state index contributed by atoms with van der Waals surface area (Å²) >= 11 is 0. The zero-order valence-corrected chi connectivity index (χ0v) is 19.8. The van der Waals surface area contributed by atoms with E-state index in [1.54, 1.807) is 55.5 Å². The molecule has 1 fully saturated rings. The predicted molar refractivity (Wildman–Crippen MR) is 126 cm³/mol. The van der Waals surface area contributed by atoms with Gasteiger partial charge in [-0.05, 0) is 36.6 Å². The van der Waals surface area contributed by atoms with Crippen LogP contribution in [0.2, 0.25) is 0 Å². The molecule has 2 aromatic carbocycles. The SMILES string of the molecule is Cc1cc(C(C(=O)N2C[C@H](O)C[C@H]2C(=O)NOc2ccc(-c3ccccc3F)cc2)C(C)C)on1. The van der Waals surface area contributed by atoms with Gasteiger partial charge in [0, 0.05) is 24.6 Å². The van der Waals surface area contributed by atoms with Gasteiger partial charge in [0.15, 0.2) is 5.75 Å². The maximum Gasteiger partial charge on any atom is 0.275 e. The number of benzene rings is 2. The van der Waals surface area contributed by atoms with E-state index >= 15 is 0 Å². The van der Waals surface area contributed by atoms with E-state index in [1.165, 1.54) is 11.0 Å². The molecule has 2 N–H and O–H groups in total. The summed E-state index contributed by atoms with van der Waals surface area (Å²) in [6.07, 6.45) is -0.744. The van der Waals surface area contributed by atoms with Crippen LogP contribution in [0.1, 0.15) is 37.6 Å². The zero-order valence-electron chi connectivity index (χ0n) is 19.8. The van der Waals surface area contributed by atoms with Crippen molar-refractivity contribution in [2.24, 2.45) is 5.92 Å². The second kappa shape index (κ2) is 10.3. The largest absolute Gasteiger partial charge is 0.391 e. The average molecular weight is 482 g/mol. The first kappa shape index (κ1) is 24.4. The zero-order chi connectivity index (χ0) is 25.1. The molecule has 4 rings (SSSR count). The fourth-order valence-electron chi connectivity index (χ4n) is 4.32. The molecule has 2 heterocycles. The van der Waals surface area contributed by atoms with E-state index in [0.717, 1.165) is 0 Å². The number of aromatic nitrogens is 1. The van der Waals surface area contributed by atoms with Gasteiger partial charge in [-0.3, -0.25) is 9.59 Å². The predicted octanol–water partition coefficient (Wildman–Crippen LogP) is 3.60. The smallest absolute Gasteiger partial charge is 0.275 e. The number of hydrogen-bond donors (Lipinski definition) is 2. The number of β-amino-alcohol motifs (C(OH)–C–C–N with tert-alkyl or cyclic N) is 1. The Balaban J connectivity index is 1.43. The molecule has 1 saturated heterocycles. The lowest BCUT2D eigenvalue weighted by molar-refractivity contribution is -0.143. The van der Waals surface area contributed by atoms with Crippen LogP contribution in [-0.4, -0.2) is 45.7 Å². The molecule has 8 nitrogen and oxygen atoms in total. The fourth-order valence-corrected chi connectivity index (χ4v) is 4.32. The molecule has 1 aliphatic heterocycles. The van der Waals surface area contributed by atoms with Gasteiger partial charge >= 0.3 is 0 Å². The van der Waals surface area contributed by atoms with Crippen molar-refractivity contribution in [1.29, 1.82) is 0 Å². The summed E-state index contributed by atoms with van der Waals surface area (Å²) in [5.41, 5.74) is 4.16. The van der Waals surface area contributed by atoms with Gasteiger partial charge in [-0.1, -0.05) is 49.3 Å². The lowest BCUT2D eigenvalue weighted by Crippen LogP contribution is -2.48. The molecule has 3 aromatic rings. The lowest BCUT2D eigenvalue weighted by atomic mass is 9.91. The second-order valence-electron chi connectivity index (χ2n) is 9.06. The number of hydrogen-bond acceptors (Lipinski definition) is 6. The minimum atomic E-state index is -0.902. The van der Waals surface area contributed by atoms with Crippen molar-refractivity contribution in [3.05, 3.63) is 71.9 Å². The van der Waals surface area contributed by atoms with Gasteiger partial charge in [0.25, 0.3) is 5.91 Å². The van der Waals surface area contributed by atoms with Gasteiger partial charge in [-0.25, -0.2) is 4.39 Å².